The lowest BCUT2D eigenvalue weighted by Crippen LogP contribution is -2.57. The molecule has 12 atom stereocenters. The van der Waals surface area contributed by atoms with Gasteiger partial charge in [-0.1, -0.05) is 27.7 Å². The van der Waals surface area contributed by atoms with Crippen molar-refractivity contribution in [1.82, 2.24) is 0 Å². The van der Waals surface area contributed by atoms with Crippen LogP contribution in [0.5, 0.6) is 0 Å². The van der Waals surface area contributed by atoms with Gasteiger partial charge in [0.05, 0.1) is 17.9 Å². The molecule has 6 rings (SSSR count). The molecule has 1 N–H and O–H groups in total. The third-order valence-electron chi connectivity index (χ3n) is 12.2. The summed E-state index contributed by atoms with van der Waals surface area (Å²) in [5.41, 5.74) is 1.71. The first-order valence-electron chi connectivity index (χ1n) is 14.0. The Morgan fingerprint density at radius 1 is 1.06 bits per heavy atom. The molecule has 0 aromatic carbocycles. The Morgan fingerprint density at radius 2 is 1.76 bits per heavy atom. The second kappa shape index (κ2) is 7.38. The summed E-state index contributed by atoms with van der Waals surface area (Å²) in [5.74, 6) is 4.16. The molecule has 1 saturated heterocycles. The van der Waals surface area contributed by atoms with Gasteiger partial charge < -0.3 is 9.84 Å². The highest BCUT2D eigenvalue weighted by Gasteiger charge is 2.65. The molecule has 0 amide bonds. The summed E-state index contributed by atoms with van der Waals surface area (Å²) in [6.07, 6.45) is 9.66. The normalized spacial score (nSPS) is 56.5. The van der Waals surface area contributed by atoms with Crippen molar-refractivity contribution in [1.29, 1.82) is 0 Å². The maximum absolute atomic E-state index is 13.4. The number of ether oxygens (including phenoxy) is 1. The van der Waals surface area contributed by atoms with Crippen LogP contribution in [0.4, 0.5) is 0 Å². The van der Waals surface area contributed by atoms with E-state index in [-0.39, 0.29) is 23.0 Å². The summed E-state index contributed by atoms with van der Waals surface area (Å²) in [7, 11) is 0. The van der Waals surface area contributed by atoms with E-state index in [9.17, 15) is 9.90 Å². The Morgan fingerprint density at radius 3 is 2.48 bits per heavy atom. The highest BCUT2D eigenvalue weighted by molar-refractivity contribution is 5.98. The smallest absolute Gasteiger partial charge is 0.136 e. The molecule has 1 spiro atoms. The minimum atomic E-state index is -0.271. The van der Waals surface area contributed by atoms with E-state index in [2.05, 4.69) is 34.6 Å². The highest BCUT2D eigenvalue weighted by atomic mass is 16.6. The maximum Gasteiger partial charge on any atom is 0.136 e. The zero-order valence-electron chi connectivity index (χ0n) is 21.5. The fourth-order valence-corrected chi connectivity index (χ4v) is 10.4. The van der Waals surface area contributed by atoms with Crippen molar-refractivity contribution < 1.29 is 14.6 Å². The standard InChI is InChI=1S/C29H45NO3/c1-16-14-29(18(3)33-29)26(30-15-16)17(2)21-6-7-22-20-13-25(32)24-12-19(31)8-10-28(24,5)23(20)9-11-27(21,22)4/h16-24,31H,6-15H2,1-5H3. The van der Waals surface area contributed by atoms with Crippen molar-refractivity contribution in [3.05, 3.63) is 0 Å². The largest absolute Gasteiger partial charge is 0.393 e. The lowest BCUT2D eigenvalue weighted by molar-refractivity contribution is -0.159. The lowest BCUT2D eigenvalue weighted by Gasteiger charge is -2.60. The Balaban J connectivity index is 1.27. The van der Waals surface area contributed by atoms with Gasteiger partial charge in [-0.15, -0.1) is 0 Å². The summed E-state index contributed by atoms with van der Waals surface area (Å²) < 4.78 is 6.26. The van der Waals surface area contributed by atoms with E-state index in [1.54, 1.807) is 0 Å². The monoisotopic (exact) mass is 455 g/mol. The molecule has 4 saturated carbocycles. The van der Waals surface area contributed by atoms with E-state index in [0.29, 0.717) is 59.2 Å². The number of hydrogen-bond acceptors (Lipinski definition) is 4. The number of Topliss-reactive ketones (excluding diaryl/α,β-unsaturated/α-hetero) is 1. The Bertz CT molecular complexity index is 869. The number of carbonyl (C=O) groups is 1. The molecule has 2 aliphatic heterocycles. The number of rotatable bonds is 2. The van der Waals surface area contributed by atoms with Crippen molar-refractivity contribution in [2.75, 3.05) is 6.54 Å². The van der Waals surface area contributed by atoms with Crippen LogP contribution in [0.2, 0.25) is 0 Å². The van der Waals surface area contributed by atoms with E-state index in [1.165, 1.54) is 31.4 Å². The van der Waals surface area contributed by atoms with Gasteiger partial charge in [0.2, 0.25) is 0 Å². The van der Waals surface area contributed by atoms with Crippen molar-refractivity contribution >= 4 is 11.5 Å². The fraction of sp³-hybridized carbons (Fsp3) is 0.931. The van der Waals surface area contributed by atoms with Crippen LogP contribution in [-0.2, 0) is 9.53 Å². The molecule has 0 aromatic rings. The summed E-state index contributed by atoms with van der Waals surface area (Å²) >= 11 is 0. The zero-order valence-corrected chi connectivity index (χ0v) is 21.5. The molecule has 184 valence electrons. The minimum absolute atomic E-state index is 0.0762. The summed E-state index contributed by atoms with van der Waals surface area (Å²) in [5, 5.41) is 10.3. The fourth-order valence-electron chi connectivity index (χ4n) is 10.4. The third kappa shape index (κ3) is 3.08. The Kier molecular flexibility index (Phi) is 5.08. The lowest BCUT2D eigenvalue weighted by atomic mass is 9.44. The van der Waals surface area contributed by atoms with Gasteiger partial charge in [0, 0.05) is 24.8 Å². The Hall–Kier alpha value is -0.740. The van der Waals surface area contributed by atoms with Crippen LogP contribution in [0.15, 0.2) is 4.99 Å². The van der Waals surface area contributed by atoms with Gasteiger partial charge in [0.15, 0.2) is 0 Å². The van der Waals surface area contributed by atoms with Crippen LogP contribution in [-0.4, -0.2) is 41.0 Å². The summed E-state index contributed by atoms with van der Waals surface area (Å²) in [6, 6.07) is 0. The van der Waals surface area contributed by atoms with Gasteiger partial charge in [0.1, 0.15) is 11.4 Å². The van der Waals surface area contributed by atoms with Gasteiger partial charge in [-0.2, -0.15) is 0 Å². The van der Waals surface area contributed by atoms with Crippen LogP contribution >= 0.6 is 0 Å². The summed E-state index contributed by atoms with van der Waals surface area (Å²) in [4.78, 5) is 18.6. The third-order valence-corrected chi connectivity index (χ3v) is 12.2. The molecule has 33 heavy (non-hydrogen) atoms. The summed E-state index contributed by atoms with van der Waals surface area (Å²) in [6.45, 7) is 12.9. The number of carbonyl (C=O) groups excluding carboxylic acids is 1. The predicted molar refractivity (Wildman–Crippen MR) is 130 cm³/mol. The van der Waals surface area contributed by atoms with Gasteiger partial charge >= 0.3 is 0 Å². The number of fused-ring (bicyclic) bond motifs is 5. The van der Waals surface area contributed by atoms with E-state index in [4.69, 9.17) is 9.73 Å². The average molecular weight is 456 g/mol. The van der Waals surface area contributed by atoms with Crippen molar-refractivity contribution in [3.63, 3.8) is 0 Å². The topological polar surface area (TPSA) is 62.2 Å². The van der Waals surface area contributed by atoms with Crippen LogP contribution in [0, 0.1) is 52.3 Å². The number of aliphatic hydroxyl groups excluding tert-OH is 1. The molecule has 0 bridgehead atoms. The van der Waals surface area contributed by atoms with Gasteiger partial charge in [0.25, 0.3) is 0 Å². The zero-order chi connectivity index (χ0) is 23.3. The Labute approximate surface area is 200 Å². The molecule has 4 aliphatic carbocycles. The van der Waals surface area contributed by atoms with Crippen LogP contribution in [0.3, 0.4) is 0 Å². The molecular formula is C29H45NO3. The van der Waals surface area contributed by atoms with Crippen molar-refractivity contribution in [2.45, 2.75) is 110 Å². The van der Waals surface area contributed by atoms with Crippen LogP contribution in [0.25, 0.3) is 0 Å². The highest BCUT2D eigenvalue weighted by Crippen LogP contribution is 2.68. The molecule has 6 aliphatic rings. The van der Waals surface area contributed by atoms with Crippen molar-refractivity contribution in [2.24, 2.45) is 57.2 Å². The molecule has 4 nitrogen and oxygen atoms in total. The minimum Gasteiger partial charge on any atom is -0.393 e. The molecular weight excluding hydrogens is 410 g/mol. The van der Waals surface area contributed by atoms with E-state index in [0.717, 1.165) is 32.2 Å². The van der Waals surface area contributed by atoms with Crippen molar-refractivity contribution in [3.8, 4) is 0 Å². The van der Waals surface area contributed by atoms with Crippen LogP contribution < -0.4 is 0 Å². The first kappa shape index (κ1) is 22.7. The number of nitrogens with zero attached hydrogens (tertiary/aromatic N) is 1. The second-order valence-electron chi connectivity index (χ2n) is 13.7. The average Bonchev–Trinajstić information content (AvgIpc) is 3.22. The van der Waals surface area contributed by atoms with E-state index in [1.807, 2.05) is 0 Å². The molecule has 5 fully saturated rings. The number of hydrogen-bond donors (Lipinski definition) is 1. The van der Waals surface area contributed by atoms with Crippen LogP contribution in [0.1, 0.15) is 92.4 Å². The number of aliphatic imine (C=N–C) groups is 1. The maximum atomic E-state index is 13.4. The van der Waals surface area contributed by atoms with E-state index >= 15 is 0 Å². The first-order valence-corrected chi connectivity index (χ1v) is 14.0. The van der Waals surface area contributed by atoms with Gasteiger partial charge in [-0.25, -0.2) is 0 Å². The van der Waals surface area contributed by atoms with E-state index < -0.39 is 0 Å². The second-order valence-corrected chi connectivity index (χ2v) is 13.7. The predicted octanol–water partition coefficient (Wildman–Crippen LogP) is 5.46. The number of ketones is 1. The number of aliphatic hydroxyl groups is 1. The first-order chi connectivity index (χ1) is 15.6. The molecule has 0 aromatic heterocycles. The van der Waals surface area contributed by atoms with Gasteiger partial charge in [-0.3, -0.25) is 9.79 Å². The molecule has 4 heteroatoms. The molecule has 2 heterocycles. The SMILES string of the molecule is CC1CN=C(C(C)C2CCC3C4CC(=O)C5CC(O)CCC5(C)C4CCC23C)C2(C1)OC2C. The molecule has 0 radical (unpaired) electrons. The quantitative estimate of drug-likeness (QED) is 0.563. The number of epoxide rings is 1. The van der Waals surface area contributed by atoms with Gasteiger partial charge in [-0.05, 0) is 98.7 Å². The molecule has 12 unspecified atom stereocenters.